The zero-order valence-corrected chi connectivity index (χ0v) is 17.6. The largest absolute Gasteiger partial charge is 0.444 e. The second-order valence-corrected chi connectivity index (χ2v) is 8.56. The summed E-state index contributed by atoms with van der Waals surface area (Å²) in [7, 11) is 0. The van der Waals surface area contributed by atoms with Crippen LogP contribution in [0.25, 0.3) is 0 Å². The molecule has 1 aromatic rings. The molecule has 0 radical (unpaired) electrons. The normalized spacial score (nSPS) is 18.7. The number of rotatable bonds is 3. The first-order chi connectivity index (χ1) is 13.7. The zero-order valence-electron chi connectivity index (χ0n) is 17.6. The Kier molecular flexibility index (Phi) is 6.62. The summed E-state index contributed by atoms with van der Waals surface area (Å²) in [5, 5.41) is 0. The number of anilines is 1. The maximum atomic E-state index is 14.0. The van der Waals surface area contributed by atoms with E-state index in [4.69, 9.17) is 4.74 Å². The van der Waals surface area contributed by atoms with Crippen molar-refractivity contribution in [1.82, 2.24) is 14.7 Å². The Hall–Kier alpha value is -2.35. The predicted molar refractivity (Wildman–Crippen MR) is 109 cm³/mol. The van der Waals surface area contributed by atoms with Crippen LogP contribution in [-0.4, -0.2) is 91.2 Å². The van der Waals surface area contributed by atoms with E-state index in [1.165, 1.54) is 6.07 Å². The fraction of sp³-hybridized carbons (Fsp3) is 0.619. The standard InChI is InChI=1S/C21H31FN4O3/c1-21(2,3)29-20(28)26-10-8-23(9-11-26)16-19(27)25-14-12-24(13-15-25)18-7-5-4-6-17(18)22/h4-7H,8-16H2,1-3H3. The molecule has 0 aliphatic carbocycles. The molecule has 0 aromatic heterocycles. The van der Waals surface area contributed by atoms with Crippen molar-refractivity contribution < 1.29 is 18.7 Å². The van der Waals surface area contributed by atoms with Crippen molar-refractivity contribution in [3.05, 3.63) is 30.1 Å². The van der Waals surface area contributed by atoms with Gasteiger partial charge in [0.15, 0.2) is 0 Å². The highest BCUT2D eigenvalue weighted by Gasteiger charge is 2.28. The number of carbonyl (C=O) groups excluding carboxylic acids is 2. The number of amides is 2. The summed E-state index contributed by atoms with van der Waals surface area (Å²) < 4.78 is 19.4. The smallest absolute Gasteiger partial charge is 0.410 e. The topological polar surface area (TPSA) is 56.3 Å². The van der Waals surface area contributed by atoms with E-state index in [0.29, 0.717) is 64.6 Å². The summed E-state index contributed by atoms with van der Waals surface area (Å²) in [4.78, 5) is 32.4. The van der Waals surface area contributed by atoms with E-state index in [-0.39, 0.29) is 17.8 Å². The average molecular weight is 407 g/mol. The molecule has 7 nitrogen and oxygen atoms in total. The molecule has 0 unspecified atom stereocenters. The quantitative estimate of drug-likeness (QED) is 0.769. The maximum Gasteiger partial charge on any atom is 0.410 e. The Labute approximate surface area is 172 Å². The van der Waals surface area contributed by atoms with Gasteiger partial charge >= 0.3 is 6.09 Å². The molecule has 0 bridgehead atoms. The van der Waals surface area contributed by atoms with Crippen LogP contribution in [0.1, 0.15) is 20.8 Å². The van der Waals surface area contributed by atoms with Crippen LogP contribution in [0.15, 0.2) is 24.3 Å². The van der Waals surface area contributed by atoms with Gasteiger partial charge in [-0.05, 0) is 32.9 Å². The monoisotopic (exact) mass is 406 g/mol. The number of benzene rings is 1. The Bertz CT molecular complexity index is 721. The van der Waals surface area contributed by atoms with Crippen LogP contribution in [0, 0.1) is 5.82 Å². The van der Waals surface area contributed by atoms with E-state index in [9.17, 15) is 14.0 Å². The molecule has 0 N–H and O–H groups in total. The third kappa shape index (κ3) is 5.82. The van der Waals surface area contributed by atoms with Crippen molar-refractivity contribution in [3.8, 4) is 0 Å². The van der Waals surface area contributed by atoms with Crippen molar-refractivity contribution in [2.75, 3.05) is 63.8 Å². The minimum atomic E-state index is -0.505. The highest BCUT2D eigenvalue weighted by molar-refractivity contribution is 5.78. The maximum absolute atomic E-state index is 14.0. The van der Waals surface area contributed by atoms with E-state index in [1.54, 1.807) is 17.0 Å². The Morgan fingerprint density at radius 1 is 0.931 bits per heavy atom. The van der Waals surface area contributed by atoms with Crippen molar-refractivity contribution >= 4 is 17.7 Å². The number of ether oxygens (including phenoxy) is 1. The molecular weight excluding hydrogens is 375 g/mol. The highest BCUT2D eigenvalue weighted by Crippen LogP contribution is 2.20. The van der Waals surface area contributed by atoms with Gasteiger partial charge in [0.05, 0.1) is 12.2 Å². The average Bonchev–Trinajstić information content (AvgIpc) is 2.68. The van der Waals surface area contributed by atoms with Gasteiger partial charge in [0.2, 0.25) is 5.91 Å². The number of piperazine rings is 2. The van der Waals surface area contributed by atoms with E-state index < -0.39 is 5.60 Å². The SMILES string of the molecule is CC(C)(C)OC(=O)N1CCN(CC(=O)N2CCN(c3ccccc3F)CC2)CC1. The van der Waals surface area contributed by atoms with E-state index >= 15 is 0 Å². The van der Waals surface area contributed by atoms with Gasteiger partial charge < -0.3 is 19.4 Å². The van der Waals surface area contributed by atoms with Gasteiger partial charge in [0, 0.05) is 52.4 Å². The lowest BCUT2D eigenvalue weighted by molar-refractivity contribution is -0.133. The van der Waals surface area contributed by atoms with Crippen LogP contribution in [0.2, 0.25) is 0 Å². The fourth-order valence-corrected chi connectivity index (χ4v) is 3.61. The summed E-state index contributed by atoms with van der Waals surface area (Å²) in [6.45, 7) is 10.8. The lowest BCUT2D eigenvalue weighted by atomic mass is 10.2. The Morgan fingerprint density at radius 3 is 2.10 bits per heavy atom. The minimum Gasteiger partial charge on any atom is -0.444 e. The van der Waals surface area contributed by atoms with Gasteiger partial charge in [-0.3, -0.25) is 9.69 Å². The molecule has 0 saturated carbocycles. The Morgan fingerprint density at radius 2 is 1.52 bits per heavy atom. The molecule has 160 valence electrons. The van der Waals surface area contributed by atoms with Crippen LogP contribution < -0.4 is 4.90 Å². The zero-order chi connectivity index (χ0) is 21.0. The van der Waals surface area contributed by atoms with Crippen molar-refractivity contribution in [2.45, 2.75) is 26.4 Å². The predicted octanol–water partition coefficient (Wildman–Crippen LogP) is 2.03. The van der Waals surface area contributed by atoms with E-state index in [1.807, 2.05) is 36.6 Å². The van der Waals surface area contributed by atoms with E-state index in [0.717, 1.165) is 0 Å². The van der Waals surface area contributed by atoms with Gasteiger partial charge in [0.25, 0.3) is 0 Å². The van der Waals surface area contributed by atoms with E-state index in [2.05, 4.69) is 4.90 Å². The number of nitrogens with zero attached hydrogens (tertiary/aromatic N) is 4. The molecule has 1 aromatic carbocycles. The van der Waals surface area contributed by atoms with Gasteiger partial charge in [-0.25, -0.2) is 9.18 Å². The first-order valence-corrected chi connectivity index (χ1v) is 10.2. The fourth-order valence-electron chi connectivity index (χ4n) is 3.61. The molecule has 8 heteroatoms. The summed E-state index contributed by atoms with van der Waals surface area (Å²) >= 11 is 0. The number of halogens is 1. The molecule has 2 saturated heterocycles. The molecule has 2 fully saturated rings. The molecule has 3 rings (SSSR count). The van der Waals surface area contributed by atoms with Crippen molar-refractivity contribution in [1.29, 1.82) is 0 Å². The van der Waals surface area contributed by atoms with Crippen LogP contribution in [0.4, 0.5) is 14.9 Å². The van der Waals surface area contributed by atoms with Gasteiger partial charge in [0.1, 0.15) is 11.4 Å². The highest BCUT2D eigenvalue weighted by atomic mass is 19.1. The van der Waals surface area contributed by atoms with Gasteiger partial charge in [-0.1, -0.05) is 12.1 Å². The number of hydrogen-bond donors (Lipinski definition) is 0. The van der Waals surface area contributed by atoms with Gasteiger partial charge in [-0.15, -0.1) is 0 Å². The van der Waals surface area contributed by atoms with Gasteiger partial charge in [-0.2, -0.15) is 0 Å². The van der Waals surface area contributed by atoms with Crippen LogP contribution in [0.3, 0.4) is 0 Å². The summed E-state index contributed by atoms with van der Waals surface area (Å²) in [6, 6.07) is 6.74. The lowest BCUT2D eigenvalue weighted by Gasteiger charge is -2.38. The second kappa shape index (κ2) is 8.98. The van der Waals surface area contributed by atoms with Crippen molar-refractivity contribution in [3.63, 3.8) is 0 Å². The molecule has 0 spiro atoms. The first kappa shape index (κ1) is 21.4. The van der Waals surface area contributed by atoms with Crippen LogP contribution >= 0.6 is 0 Å². The van der Waals surface area contributed by atoms with Crippen LogP contribution in [-0.2, 0) is 9.53 Å². The van der Waals surface area contributed by atoms with Crippen LogP contribution in [0.5, 0.6) is 0 Å². The Balaban J connectivity index is 1.42. The van der Waals surface area contributed by atoms with Crippen molar-refractivity contribution in [2.24, 2.45) is 0 Å². The molecule has 2 heterocycles. The molecule has 0 atom stereocenters. The summed E-state index contributed by atoms with van der Waals surface area (Å²) in [5.74, 6) is -0.140. The summed E-state index contributed by atoms with van der Waals surface area (Å²) in [6.07, 6.45) is -0.298. The number of carbonyl (C=O) groups is 2. The first-order valence-electron chi connectivity index (χ1n) is 10.2. The minimum absolute atomic E-state index is 0.0869. The molecule has 2 aliphatic heterocycles. The lowest BCUT2D eigenvalue weighted by Crippen LogP contribution is -2.55. The number of para-hydroxylation sites is 1. The molecular formula is C21H31FN4O3. The second-order valence-electron chi connectivity index (χ2n) is 8.56. The third-order valence-corrected chi connectivity index (χ3v) is 5.21. The molecule has 2 amide bonds. The molecule has 29 heavy (non-hydrogen) atoms. The summed E-state index contributed by atoms with van der Waals surface area (Å²) in [5.41, 5.74) is 0.0903. The number of hydrogen-bond acceptors (Lipinski definition) is 5. The molecule has 2 aliphatic rings. The third-order valence-electron chi connectivity index (χ3n) is 5.21.